The minimum Gasteiger partial charge on any atom is -0.497 e. The highest BCUT2D eigenvalue weighted by atomic mass is 32.2. The smallest absolute Gasteiger partial charge is 0.262 e. The number of rotatable bonds is 9. The monoisotopic (exact) mass is 392 g/mol. The van der Waals surface area contributed by atoms with E-state index in [0.29, 0.717) is 23.6 Å². The number of hydrogen-bond donors (Lipinski definition) is 2. The van der Waals surface area contributed by atoms with Gasteiger partial charge in [-0.1, -0.05) is 6.92 Å². The molecule has 2 N–H and O–H groups in total. The summed E-state index contributed by atoms with van der Waals surface area (Å²) in [6.45, 7) is 3.51. The Kier molecular flexibility index (Phi) is 7.20. The summed E-state index contributed by atoms with van der Waals surface area (Å²) in [7, 11) is -1.99. The molecule has 1 amide bonds. The van der Waals surface area contributed by atoms with Crippen LogP contribution in [0.3, 0.4) is 0 Å². The molecule has 2 aromatic rings. The number of hydrogen-bond acceptors (Lipinski definition) is 5. The van der Waals surface area contributed by atoms with Crippen molar-refractivity contribution in [1.29, 1.82) is 0 Å². The van der Waals surface area contributed by atoms with Gasteiger partial charge in [0.1, 0.15) is 11.5 Å². The Labute approximate surface area is 159 Å². The molecule has 0 unspecified atom stereocenters. The zero-order valence-corrected chi connectivity index (χ0v) is 16.4. The van der Waals surface area contributed by atoms with Gasteiger partial charge in [0.25, 0.3) is 5.91 Å². The van der Waals surface area contributed by atoms with Crippen molar-refractivity contribution in [3.63, 3.8) is 0 Å². The van der Waals surface area contributed by atoms with E-state index >= 15 is 0 Å². The second kappa shape index (κ2) is 9.38. The Bertz CT molecular complexity index is 849. The first-order valence-electron chi connectivity index (χ1n) is 8.53. The Morgan fingerprint density at radius 3 is 2.19 bits per heavy atom. The number of nitrogens with one attached hydrogen (secondary N) is 2. The lowest BCUT2D eigenvalue weighted by Crippen LogP contribution is -2.31. The highest BCUT2D eigenvalue weighted by Gasteiger charge is 2.16. The lowest BCUT2D eigenvalue weighted by atomic mass is 10.3. The van der Waals surface area contributed by atoms with Crippen molar-refractivity contribution >= 4 is 21.6 Å². The molecule has 0 aliphatic heterocycles. The number of ether oxygens (including phenoxy) is 2. The SMILES string of the molecule is CC[C@H](C)NS(=O)(=O)c1ccc(OCC(=O)Nc2ccc(OC)cc2)cc1. The van der Waals surface area contributed by atoms with Crippen LogP contribution in [-0.2, 0) is 14.8 Å². The van der Waals surface area contributed by atoms with E-state index in [1.165, 1.54) is 24.3 Å². The fraction of sp³-hybridized carbons (Fsp3) is 0.316. The first-order valence-corrected chi connectivity index (χ1v) is 10.0. The number of amides is 1. The standard InChI is InChI=1S/C19H24N2O5S/c1-4-14(2)21-27(23,24)18-11-9-17(10-12-18)26-13-19(22)20-15-5-7-16(25-3)8-6-15/h5-12,14,21H,4,13H2,1-3H3,(H,20,22)/t14-/m0/s1. The molecule has 0 saturated carbocycles. The van der Waals surface area contributed by atoms with Crippen molar-refractivity contribution in [2.75, 3.05) is 19.0 Å². The van der Waals surface area contributed by atoms with Crippen LogP contribution < -0.4 is 19.5 Å². The predicted octanol–water partition coefficient (Wildman–Crippen LogP) is 2.79. The molecule has 0 fully saturated rings. The van der Waals surface area contributed by atoms with Gasteiger partial charge < -0.3 is 14.8 Å². The van der Waals surface area contributed by atoms with Crippen molar-refractivity contribution in [1.82, 2.24) is 4.72 Å². The molecule has 0 aliphatic carbocycles. The number of anilines is 1. The molecule has 7 nitrogen and oxygen atoms in total. The van der Waals surface area contributed by atoms with Gasteiger partial charge in [0, 0.05) is 11.7 Å². The number of benzene rings is 2. The molecule has 2 aromatic carbocycles. The third-order valence-corrected chi connectivity index (χ3v) is 5.45. The maximum atomic E-state index is 12.2. The lowest BCUT2D eigenvalue weighted by molar-refractivity contribution is -0.118. The maximum Gasteiger partial charge on any atom is 0.262 e. The molecular formula is C19H24N2O5S. The van der Waals surface area contributed by atoms with Crippen LogP contribution in [0.2, 0.25) is 0 Å². The summed E-state index contributed by atoms with van der Waals surface area (Å²) in [6, 6.07) is 12.7. The number of methoxy groups -OCH3 is 1. The minimum absolute atomic E-state index is 0.146. The molecule has 0 aromatic heterocycles. The lowest BCUT2D eigenvalue weighted by Gasteiger charge is -2.12. The number of sulfonamides is 1. The van der Waals surface area contributed by atoms with E-state index in [-0.39, 0.29) is 23.5 Å². The van der Waals surface area contributed by atoms with Crippen molar-refractivity contribution < 1.29 is 22.7 Å². The summed E-state index contributed by atoms with van der Waals surface area (Å²) in [5.74, 6) is 0.778. The Morgan fingerprint density at radius 1 is 1.04 bits per heavy atom. The Hall–Kier alpha value is -2.58. The molecule has 8 heteroatoms. The summed E-state index contributed by atoms with van der Waals surface area (Å²) < 4.78 is 37.4. The topological polar surface area (TPSA) is 93.7 Å². The largest absolute Gasteiger partial charge is 0.497 e. The van der Waals surface area contributed by atoms with Crippen LogP contribution in [0.4, 0.5) is 5.69 Å². The highest BCUT2D eigenvalue weighted by Crippen LogP contribution is 2.17. The quantitative estimate of drug-likeness (QED) is 0.684. The zero-order chi connectivity index (χ0) is 19.9. The molecule has 27 heavy (non-hydrogen) atoms. The Balaban J connectivity index is 1.89. The molecule has 0 bridgehead atoms. The minimum atomic E-state index is -3.56. The van der Waals surface area contributed by atoms with Crippen molar-refractivity contribution in [2.24, 2.45) is 0 Å². The van der Waals surface area contributed by atoms with Gasteiger partial charge in [-0.3, -0.25) is 4.79 Å². The summed E-state index contributed by atoms with van der Waals surface area (Å²) >= 11 is 0. The zero-order valence-electron chi connectivity index (χ0n) is 15.6. The molecule has 0 radical (unpaired) electrons. The van der Waals surface area contributed by atoms with E-state index < -0.39 is 10.0 Å². The molecular weight excluding hydrogens is 368 g/mol. The van der Waals surface area contributed by atoms with Crippen molar-refractivity contribution in [3.8, 4) is 11.5 Å². The van der Waals surface area contributed by atoms with Crippen LogP contribution in [0.15, 0.2) is 53.4 Å². The third kappa shape index (κ3) is 6.26. The van der Waals surface area contributed by atoms with Crippen LogP contribution >= 0.6 is 0 Å². The van der Waals surface area contributed by atoms with E-state index in [4.69, 9.17) is 9.47 Å². The van der Waals surface area contributed by atoms with Gasteiger partial charge in [-0.15, -0.1) is 0 Å². The highest BCUT2D eigenvalue weighted by molar-refractivity contribution is 7.89. The number of carbonyl (C=O) groups is 1. The van der Waals surface area contributed by atoms with Crippen LogP contribution in [0.1, 0.15) is 20.3 Å². The van der Waals surface area contributed by atoms with Crippen LogP contribution in [0.25, 0.3) is 0 Å². The van der Waals surface area contributed by atoms with Crippen molar-refractivity contribution in [2.45, 2.75) is 31.2 Å². The molecule has 0 saturated heterocycles. The van der Waals surface area contributed by atoms with Crippen LogP contribution in [-0.4, -0.2) is 34.1 Å². The molecule has 1 atom stereocenters. The predicted molar refractivity (Wildman–Crippen MR) is 104 cm³/mol. The molecule has 0 heterocycles. The van der Waals surface area contributed by atoms with E-state index in [0.717, 1.165) is 0 Å². The normalized spacial score (nSPS) is 12.3. The van der Waals surface area contributed by atoms with Gasteiger partial charge in [0.05, 0.1) is 12.0 Å². The van der Waals surface area contributed by atoms with Gasteiger partial charge >= 0.3 is 0 Å². The van der Waals surface area contributed by atoms with Gasteiger partial charge in [-0.25, -0.2) is 13.1 Å². The third-order valence-electron chi connectivity index (χ3n) is 3.85. The van der Waals surface area contributed by atoms with Gasteiger partial charge in [-0.05, 0) is 61.9 Å². The van der Waals surface area contributed by atoms with E-state index in [2.05, 4.69) is 10.0 Å². The van der Waals surface area contributed by atoms with Crippen molar-refractivity contribution in [3.05, 3.63) is 48.5 Å². The second-order valence-corrected chi connectivity index (χ2v) is 7.68. The maximum absolute atomic E-state index is 12.2. The first kappa shape index (κ1) is 20.7. The Morgan fingerprint density at radius 2 is 1.63 bits per heavy atom. The molecule has 146 valence electrons. The summed E-state index contributed by atoms with van der Waals surface area (Å²) in [5.41, 5.74) is 0.627. The van der Waals surface area contributed by atoms with Crippen LogP contribution in [0, 0.1) is 0 Å². The average Bonchev–Trinajstić information content (AvgIpc) is 2.67. The molecule has 0 aliphatic rings. The van der Waals surface area contributed by atoms with E-state index in [9.17, 15) is 13.2 Å². The van der Waals surface area contributed by atoms with Gasteiger partial charge in [0.2, 0.25) is 10.0 Å². The second-order valence-electron chi connectivity index (χ2n) is 5.97. The molecule has 0 spiro atoms. The fourth-order valence-corrected chi connectivity index (χ4v) is 3.48. The fourth-order valence-electron chi connectivity index (χ4n) is 2.15. The van der Waals surface area contributed by atoms with Crippen LogP contribution in [0.5, 0.6) is 11.5 Å². The average molecular weight is 392 g/mol. The number of carbonyl (C=O) groups excluding carboxylic acids is 1. The van der Waals surface area contributed by atoms with E-state index in [1.54, 1.807) is 38.3 Å². The summed E-state index contributed by atoms with van der Waals surface area (Å²) in [5, 5.41) is 2.70. The summed E-state index contributed by atoms with van der Waals surface area (Å²) in [6.07, 6.45) is 0.698. The van der Waals surface area contributed by atoms with E-state index in [1.807, 2.05) is 6.92 Å². The van der Waals surface area contributed by atoms with Gasteiger partial charge in [-0.2, -0.15) is 0 Å². The van der Waals surface area contributed by atoms with Gasteiger partial charge in [0.15, 0.2) is 6.61 Å². The first-order chi connectivity index (χ1) is 12.8. The molecule has 2 rings (SSSR count). The summed E-state index contributed by atoms with van der Waals surface area (Å²) in [4.78, 5) is 12.1.